The molecular formula is C53H68ClN5O9. The van der Waals surface area contributed by atoms with Gasteiger partial charge in [-0.15, -0.1) is 12.4 Å². The van der Waals surface area contributed by atoms with Crippen LogP contribution < -0.4 is 28.7 Å². The zero-order valence-corrected chi connectivity index (χ0v) is 39.2. The molecule has 14 nitrogen and oxygen atoms in total. The Hall–Kier alpha value is -4.17. The molecule has 5 aromatic rings. The van der Waals surface area contributed by atoms with Gasteiger partial charge < -0.3 is 71.3 Å². The summed E-state index contributed by atoms with van der Waals surface area (Å²) in [6, 6.07) is 47.1. The van der Waals surface area contributed by atoms with E-state index in [1.54, 1.807) is 0 Å². The highest BCUT2D eigenvalue weighted by molar-refractivity contribution is 5.85. The molecule has 0 bridgehead atoms. The molecule has 0 spiro atoms. The van der Waals surface area contributed by atoms with Gasteiger partial charge in [0.15, 0.2) is 12.6 Å². The van der Waals surface area contributed by atoms with Gasteiger partial charge in [-0.1, -0.05) is 152 Å². The summed E-state index contributed by atoms with van der Waals surface area (Å²) in [7, 11) is 0. The van der Waals surface area contributed by atoms with Gasteiger partial charge in [0.1, 0.15) is 36.6 Å². The Bertz CT molecular complexity index is 2160. The summed E-state index contributed by atoms with van der Waals surface area (Å²) in [5.74, 6) is 0. The Labute approximate surface area is 406 Å². The SMILES string of the molecule is Cl.NC[C@H]1O[C@H](O[C@H]2[C@H](OCc3ccccc3)[C@@H](O[C@H]3O[C@H](COCc4ccccc4)[C@@H](OCc4ccccc4)[C@H](N)[C@H]3OCc3ccccc3)[C@H](N)C[C@@H]2N)[C@H](N)C[C@@H]1OCc1ccccc1. The quantitative estimate of drug-likeness (QED) is 0.0636. The van der Waals surface area contributed by atoms with Crippen LogP contribution in [0.25, 0.3) is 0 Å². The minimum atomic E-state index is -1.05. The molecule has 14 atom stereocenters. The average Bonchev–Trinajstić information content (AvgIpc) is 3.36. The molecule has 2 heterocycles. The highest BCUT2D eigenvalue weighted by Crippen LogP contribution is 2.35. The third-order valence-electron chi connectivity index (χ3n) is 12.7. The second-order valence-corrected chi connectivity index (χ2v) is 17.7. The fourth-order valence-electron chi connectivity index (χ4n) is 9.06. The standard InChI is InChI=1S/C53H67N5O9.ClH/c54-28-44-43(60-30-36-18-8-2-9-19-36)27-42(57)52(64-44)66-47-40(55)26-41(56)48(51(47)63-33-39-24-14-5-15-25-39)67-53-50(62-32-38-22-12-4-13-23-38)46(58)49(61-31-37-20-10-3-11-21-37)45(65-53)34-59-29-35-16-6-1-7-17-35;/h1-25,40-53H,26-34,54-58H2;1H/t40-,41+,42+,43-,44+,45+,46-,47+,48-,49+,50+,51-,52+,53+;/m0./s1. The van der Waals surface area contributed by atoms with Crippen LogP contribution in [0.1, 0.15) is 40.7 Å². The highest BCUT2D eigenvalue weighted by Gasteiger charge is 2.52. The van der Waals surface area contributed by atoms with Crippen molar-refractivity contribution in [2.45, 2.75) is 131 Å². The molecule has 68 heavy (non-hydrogen) atoms. The molecule has 10 N–H and O–H groups in total. The van der Waals surface area contributed by atoms with Crippen molar-refractivity contribution in [3.8, 4) is 0 Å². The van der Waals surface area contributed by atoms with Crippen molar-refractivity contribution in [3.63, 3.8) is 0 Å². The van der Waals surface area contributed by atoms with E-state index in [0.717, 1.165) is 27.8 Å². The first kappa shape index (κ1) is 51.7. The van der Waals surface area contributed by atoms with Gasteiger partial charge in [0.05, 0.1) is 63.9 Å². The van der Waals surface area contributed by atoms with Gasteiger partial charge >= 0.3 is 0 Å². The minimum Gasteiger partial charge on any atom is -0.374 e. The lowest BCUT2D eigenvalue weighted by Crippen LogP contribution is -2.69. The van der Waals surface area contributed by atoms with Crippen molar-refractivity contribution in [1.82, 2.24) is 0 Å². The summed E-state index contributed by atoms with van der Waals surface area (Å²) in [6.45, 7) is 1.86. The lowest BCUT2D eigenvalue weighted by molar-refractivity contribution is -0.330. The van der Waals surface area contributed by atoms with Crippen molar-refractivity contribution in [2.24, 2.45) is 28.7 Å². The van der Waals surface area contributed by atoms with Gasteiger partial charge in [-0.05, 0) is 40.7 Å². The van der Waals surface area contributed by atoms with Crippen LogP contribution in [0, 0.1) is 0 Å². The van der Waals surface area contributed by atoms with Crippen LogP contribution in [0.3, 0.4) is 0 Å². The maximum atomic E-state index is 7.28. The van der Waals surface area contributed by atoms with E-state index >= 15 is 0 Å². The van der Waals surface area contributed by atoms with Gasteiger partial charge in [0, 0.05) is 18.6 Å². The predicted molar refractivity (Wildman–Crippen MR) is 261 cm³/mol. The van der Waals surface area contributed by atoms with Gasteiger partial charge in [-0.25, -0.2) is 0 Å². The second-order valence-electron chi connectivity index (χ2n) is 17.7. The van der Waals surface area contributed by atoms with E-state index in [1.807, 2.05) is 152 Å². The number of nitrogens with two attached hydrogens (primary N) is 5. The van der Waals surface area contributed by atoms with Gasteiger partial charge in [0.2, 0.25) is 0 Å². The largest absolute Gasteiger partial charge is 0.374 e. The summed E-state index contributed by atoms with van der Waals surface area (Å²) >= 11 is 0. The lowest BCUT2D eigenvalue weighted by Gasteiger charge is -2.50. The molecule has 0 unspecified atom stereocenters. The zero-order valence-electron chi connectivity index (χ0n) is 38.3. The first-order chi connectivity index (χ1) is 32.8. The maximum Gasteiger partial charge on any atom is 0.186 e. The summed E-state index contributed by atoms with van der Waals surface area (Å²) < 4.78 is 60.2. The molecular weight excluding hydrogens is 886 g/mol. The van der Waals surface area contributed by atoms with E-state index in [-0.39, 0.29) is 44.9 Å². The maximum absolute atomic E-state index is 7.28. The van der Waals surface area contributed by atoms with Crippen molar-refractivity contribution < 1.29 is 42.6 Å². The first-order valence-electron chi connectivity index (χ1n) is 23.4. The van der Waals surface area contributed by atoms with Crippen molar-refractivity contribution in [1.29, 1.82) is 0 Å². The first-order valence-corrected chi connectivity index (χ1v) is 23.4. The summed E-state index contributed by atoms with van der Waals surface area (Å²) in [5.41, 5.74) is 39.4. The number of halogens is 1. The highest BCUT2D eigenvalue weighted by atomic mass is 35.5. The molecule has 3 fully saturated rings. The van der Waals surface area contributed by atoms with E-state index in [2.05, 4.69) is 0 Å². The van der Waals surface area contributed by atoms with Gasteiger partial charge in [0.25, 0.3) is 0 Å². The van der Waals surface area contributed by atoms with Crippen molar-refractivity contribution >= 4 is 12.4 Å². The van der Waals surface area contributed by atoms with E-state index < -0.39 is 79.5 Å². The molecule has 2 saturated heterocycles. The Balaban J connectivity index is 0.00000684. The molecule has 366 valence electrons. The third kappa shape index (κ3) is 14.0. The molecule has 0 aromatic heterocycles. The Morgan fingerprint density at radius 2 is 0.809 bits per heavy atom. The molecule has 1 saturated carbocycles. The van der Waals surface area contributed by atoms with Crippen molar-refractivity contribution in [2.75, 3.05) is 13.2 Å². The van der Waals surface area contributed by atoms with Crippen LogP contribution in [-0.4, -0.2) is 98.7 Å². The topological polar surface area (TPSA) is 213 Å². The number of hydrogen-bond donors (Lipinski definition) is 5. The van der Waals surface area contributed by atoms with Crippen LogP contribution in [0.2, 0.25) is 0 Å². The fraction of sp³-hybridized carbons (Fsp3) is 0.434. The van der Waals surface area contributed by atoms with Crippen LogP contribution in [-0.2, 0) is 75.7 Å². The summed E-state index contributed by atoms with van der Waals surface area (Å²) in [4.78, 5) is 0. The predicted octanol–water partition coefficient (Wildman–Crippen LogP) is 5.25. The van der Waals surface area contributed by atoms with E-state index in [1.165, 1.54) is 0 Å². The average molecular weight is 955 g/mol. The molecule has 15 heteroatoms. The Morgan fingerprint density at radius 1 is 0.412 bits per heavy atom. The minimum absolute atomic E-state index is 0. The number of ether oxygens (including phenoxy) is 9. The number of hydrogen-bond acceptors (Lipinski definition) is 14. The van der Waals surface area contributed by atoms with Gasteiger partial charge in [-0.3, -0.25) is 0 Å². The van der Waals surface area contributed by atoms with Crippen LogP contribution >= 0.6 is 12.4 Å². The van der Waals surface area contributed by atoms with E-state index in [9.17, 15) is 0 Å². The smallest absolute Gasteiger partial charge is 0.186 e. The van der Waals surface area contributed by atoms with Crippen LogP contribution in [0.15, 0.2) is 152 Å². The summed E-state index contributed by atoms with van der Waals surface area (Å²) in [6.07, 6.45) is -6.55. The molecule has 0 radical (unpaired) electrons. The van der Waals surface area contributed by atoms with E-state index in [4.69, 9.17) is 71.3 Å². The zero-order chi connectivity index (χ0) is 46.4. The van der Waals surface area contributed by atoms with Crippen LogP contribution in [0.5, 0.6) is 0 Å². The molecule has 0 amide bonds. The third-order valence-corrected chi connectivity index (χ3v) is 12.7. The Kier molecular flexibility index (Phi) is 19.9. The number of benzene rings is 5. The van der Waals surface area contributed by atoms with Crippen molar-refractivity contribution in [3.05, 3.63) is 179 Å². The fourth-order valence-corrected chi connectivity index (χ4v) is 9.06. The van der Waals surface area contributed by atoms with E-state index in [0.29, 0.717) is 32.7 Å². The van der Waals surface area contributed by atoms with Crippen LogP contribution in [0.4, 0.5) is 0 Å². The number of rotatable bonds is 21. The normalized spacial score (nSPS) is 30.6. The second kappa shape index (κ2) is 26.2. The monoisotopic (exact) mass is 953 g/mol. The molecule has 3 aliphatic rings. The molecule has 2 aliphatic heterocycles. The lowest BCUT2D eigenvalue weighted by atomic mass is 9.84. The molecule has 1 aliphatic carbocycles. The van der Waals surface area contributed by atoms with Gasteiger partial charge in [-0.2, -0.15) is 0 Å². The molecule has 8 rings (SSSR count). The molecule has 5 aromatic carbocycles. The Morgan fingerprint density at radius 3 is 1.28 bits per heavy atom. The summed E-state index contributed by atoms with van der Waals surface area (Å²) in [5, 5.41) is 0.